The number of hydrogen-bond donors (Lipinski definition) is 2. The molecule has 0 radical (unpaired) electrons. The van der Waals surface area contributed by atoms with Crippen molar-refractivity contribution in [2.75, 3.05) is 6.61 Å². The minimum absolute atomic E-state index is 0.0717. The maximum absolute atomic E-state index is 13.0. The topological polar surface area (TPSA) is 92.7 Å². The predicted octanol–water partition coefficient (Wildman–Crippen LogP) is 1.10. The highest BCUT2D eigenvalue weighted by atomic mass is 19.2. The molecule has 2 N–H and O–H groups in total. The van der Waals surface area contributed by atoms with Crippen molar-refractivity contribution >= 4 is 17.8 Å². The largest absolute Gasteiger partial charge is 0.480 e. The summed E-state index contributed by atoms with van der Waals surface area (Å²) in [6.45, 7) is 1.62. The van der Waals surface area contributed by atoms with Crippen LogP contribution in [0.4, 0.5) is 8.78 Å². The Kier molecular flexibility index (Phi) is 5.77. The number of ether oxygens (including phenoxy) is 1. The minimum Gasteiger partial charge on any atom is -0.480 e. The standard InChI is InChI=1S/C13H13F2NO5/c1-2-21-11(17)6-10(13(19)20)16-12(18)7-3-4-8(14)9(15)5-7/h3-5,10H,2,6H2,1H3,(H,16,18)(H,19,20)/t10-/m1/s1. The summed E-state index contributed by atoms with van der Waals surface area (Å²) in [6.07, 6.45) is -0.571. The number of esters is 1. The molecular formula is C13H13F2NO5. The van der Waals surface area contributed by atoms with Crippen LogP contribution in [0.15, 0.2) is 18.2 Å². The second kappa shape index (κ2) is 7.32. The van der Waals surface area contributed by atoms with Crippen LogP contribution in [0.5, 0.6) is 0 Å². The molecule has 0 aliphatic heterocycles. The van der Waals surface area contributed by atoms with Gasteiger partial charge >= 0.3 is 11.9 Å². The Balaban J connectivity index is 2.78. The molecule has 1 rings (SSSR count). The molecule has 1 amide bonds. The van der Waals surface area contributed by atoms with Crippen molar-refractivity contribution in [3.63, 3.8) is 0 Å². The summed E-state index contributed by atoms with van der Waals surface area (Å²) in [6, 6.07) is 0.848. The van der Waals surface area contributed by atoms with Gasteiger partial charge in [0.15, 0.2) is 11.6 Å². The lowest BCUT2D eigenvalue weighted by atomic mass is 10.1. The third-order valence-electron chi connectivity index (χ3n) is 2.46. The van der Waals surface area contributed by atoms with Crippen molar-refractivity contribution in [3.8, 4) is 0 Å². The first-order valence-electron chi connectivity index (χ1n) is 5.99. The van der Waals surface area contributed by atoms with E-state index in [0.717, 1.165) is 12.1 Å². The maximum Gasteiger partial charge on any atom is 0.326 e. The van der Waals surface area contributed by atoms with Gasteiger partial charge < -0.3 is 15.2 Å². The number of carboxylic acid groups (broad SMARTS) is 1. The fourth-order valence-electron chi connectivity index (χ4n) is 1.47. The monoisotopic (exact) mass is 301 g/mol. The van der Waals surface area contributed by atoms with Gasteiger partial charge in [-0.05, 0) is 25.1 Å². The van der Waals surface area contributed by atoms with E-state index in [9.17, 15) is 23.2 Å². The number of carboxylic acids is 1. The molecule has 0 aliphatic carbocycles. The Morgan fingerprint density at radius 2 is 1.95 bits per heavy atom. The lowest BCUT2D eigenvalue weighted by Crippen LogP contribution is -2.42. The van der Waals surface area contributed by atoms with Crippen LogP contribution in [0.1, 0.15) is 23.7 Å². The molecule has 0 bridgehead atoms. The maximum atomic E-state index is 13.0. The number of aliphatic carboxylic acids is 1. The Bertz CT molecular complexity index is 561. The molecule has 1 atom stereocenters. The highest BCUT2D eigenvalue weighted by Crippen LogP contribution is 2.09. The van der Waals surface area contributed by atoms with E-state index in [1.54, 1.807) is 6.92 Å². The number of rotatable bonds is 6. The molecule has 6 nitrogen and oxygen atoms in total. The van der Waals surface area contributed by atoms with E-state index in [-0.39, 0.29) is 12.2 Å². The van der Waals surface area contributed by atoms with Crippen molar-refractivity contribution in [2.45, 2.75) is 19.4 Å². The molecule has 0 aromatic heterocycles. The van der Waals surface area contributed by atoms with Gasteiger partial charge in [0.2, 0.25) is 0 Å². The van der Waals surface area contributed by atoms with Gasteiger partial charge in [-0.25, -0.2) is 13.6 Å². The smallest absolute Gasteiger partial charge is 0.326 e. The highest BCUT2D eigenvalue weighted by molar-refractivity contribution is 5.97. The van der Waals surface area contributed by atoms with Gasteiger partial charge in [-0.1, -0.05) is 0 Å². The molecule has 0 saturated heterocycles. The number of halogens is 2. The summed E-state index contributed by atoms with van der Waals surface area (Å²) in [5.74, 6) is -5.55. The molecule has 1 aromatic carbocycles. The van der Waals surface area contributed by atoms with Gasteiger partial charge in [0.1, 0.15) is 6.04 Å². The summed E-state index contributed by atoms with van der Waals surface area (Å²) < 4.78 is 30.3. The Morgan fingerprint density at radius 1 is 1.29 bits per heavy atom. The van der Waals surface area contributed by atoms with Crippen LogP contribution in [0.3, 0.4) is 0 Å². The second-order valence-corrected chi connectivity index (χ2v) is 4.00. The first-order chi connectivity index (χ1) is 9.85. The number of carbonyl (C=O) groups is 3. The average Bonchev–Trinajstić information content (AvgIpc) is 2.41. The van der Waals surface area contributed by atoms with Crippen LogP contribution >= 0.6 is 0 Å². The van der Waals surface area contributed by atoms with Crippen LogP contribution < -0.4 is 5.32 Å². The number of amides is 1. The zero-order valence-electron chi connectivity index (χ0n) is 11.1. The van der Waals surface area contributed by atoms with E-state index in [1.807, 2.05) is 5.32 Å². The molecular weight excluding hydrogens is 288 g/mol. The van der Waals surface area contributed by atoms with E-state index < -0.39 is 41.9 Å². The number of hydrogen-bond acceptors (Lipinski definition) is 4. The molecule has 0 fully saturated rings. The first kappa shape index (κ1) is 16.5. The fourth-order valence-corrected chi connectivity index (χ4v) is 1.47. The van der Waals surface area contributed by atoms with Crippen LogP contribution in [0, 0.1) is 11.6 Å². The van der Waals surface area contributed by atoms with Crippen molar-refractivity contribution in [2.24, 2.45) is 0 Å². The van der Waals surface area contributed by atoms with E-state index >= 15 is 0 Å². The van der Waals surface area contributed by atoms with Crippen LogP contribution in [0.25, 0.3) is 0 Å². The molecule has 0 spiro atoms. The molecule has 0 saturated carbocycles. The average molecular weight is 301 g/mol. The Morgan fingerprint density at radius 3 is 2.48 bits per heavy atom. The lowest BCUT2D eigenvalue weighted by molar-refractivity contribution is -0.149. The van der Waals surface area contributed by atoms with Crippen LogP contribution in [0.2, 0.25) is 0 Å². The zero-order valence-corrected chi connectivity index (χ0v) is 11.1. The third-order valence-corrected chi connectivity index (χ3v) is 2.46. The SMILES string of the molecule is CCOC(=O)C[C@@H](NC(=O)c1ccc(F)c(F)c1)C(=O)O. The van der Waals surface area contributed by atoms with Gasteiger partial charge in [-0.2, -0.15) is 0 Å². The highest BCUT2D eigenvalue weighted by Gasteiger charge is 2.24. The van der Waals surface area contributed by atoms with E-state index in [1.165, 1.54) is 0 Å². The normalized spacial score (nSPS) is 11.6. The molecule has 0 unspecified atom stereocenters. The minimum atomic E-state index is -1.52. The quantitative estimate of drug-likeness (QED) is 0.768. The number of carbonyl (C=O) groups excluding carboxylic acids is 2. The van der Waals surface area contributed by atoms with Gasteiger partial charge in [0.25, 0.3) is 5.91 Å². The Hall–Kier alpha value is -2.51. The first-order valence-corrected chi connectivity index (χ1v) is 5.99. The van der Waals surface area contributed by atoms with E-state index in [4.69, 9.17) is 5.11 Å². The predicted molar refractivity (Wildman–Crippen MR) is 66.5 cm³/mol. The number of nitrogens with one attached hydrogen (secondary N) is 1. The lowest BCUT2D eigenvalue weighted by Gasteiger charge is -2.13. The van der Waals surface area contributed by atoms with Crippen molar-refractivity contribution in [3.05, 3.63) is 35.4 Å². The van der Waals surface area contributed by atoms with Crippen molar-refractivity contribution in [1.29, 1.82) is 0 Å². The van der Waals surface area contributed by atoms with Gasteiger partial charge in [-0.3, -0.25) is 9.59 Å². The van der Waals surface area contributed by atoms with Crippen LogP contribution in [-0.2, 0) is 14.3 Å². The second-order valence-electron chi connectivity index (χ2n) is 4.00. The van der Waals surface area contributed by atoms with Gasteiger partial charge in [0.05, 0.1) is 13.0 Å². The molecule has 8 heteroatoms. The van der Waals surface area contributed by atoms with E-state index in [2.05, 4.69) is 4.74 Å². The third kappa shape index (κ3) is 4.83. The number of benzene rings is 1. The zero-order chi connectivity index (χ0) is 16.0. The molecule has 21 heavy (non-hydrogen) atoms. The summed E-state index contributed by atoms with van der Waals surface area (Å²) in [5.41, 5.74) is -0.260. The summed E-state index contributed by atoms with van der Waals surface area (Å²) in [7, 11) is 0. The van der Waals surface area contributed by atoms with Crippen LogP contribution in [-0.4, -0.2) is 35.6 Å². The fraction of sp³-hybridized carbons (Fsp3) is 0.308. The van der Waals surface area contributed by atoms with Gasteiger partial charge in [0, 0.05) is 5.56 Å². The molecule has 0 aliphatic rings. The molecule has 0 heterocycles. The Labute approximate surface area is 118 Å². The summed E-state index contributed by atoms with van der Waals surface area (Å²) in [5, 5.41) is 11.0. The molecule has 1 aromatic rings. The van der Waals surface area contributed by atoms with Gasteiger partial charge in [-0.15, -0.1) is 0 Å². The summed E-state index contributed by atoms with van der Waals surface area (Å²) >= 11 is 0. The molecule has 114 valence electrons. The van der Waals surface area contributed by atoms with Crippen molar-refractivity contribution in [1.82, 2.24) is 5.32 Å². The van der Waals surface area contributed by atoms with E-state index in [0.29, 0.717) is 6.07 Å². The summed E-state index contributed by atoms with van der Waals surface area (Å²) in [4.78, 5) is 33.9. The van der Waals surface area contributed by atoms with Crippen molar-refractivity contribution < 1.29 is 33.0 Å².